The maximum Gasteiger partial charge on any atom is 0.285 e. The number of hydrogen-bond acceptors (Lipinski definition) is 7. The standard InChI is InChI=1S/C15H17N3O4S2/c1-22-13-8-12(16-17-14(13)11-2-3-11)15(19)18-24(20,21)7-5-10-4-6-23-9-10/h4,6,8-9,11H,2-3,5,7H2,1H3,(H,18,19). The summed E-state index contributed by atoms with van der Waals surface area (Å²) in [5.74, 6) is -0.180. The molecule has 2 heterocycles. The third-order valence-corrected chi connectivity index (χ3v) is 5.66. The van der Waals surface area contributed by atoms with Crippen molar-refractivity contribution in [1.29, 1.82) is 0 Å². The Morgan fingerprint density at radius 3 is 2.83 bits per heavy atom. The lowest BCUT2D eigenvalue weighted by Crippen LogP contribution is -2.33. The third-order valence-electron chi connectivity index (χ3n) is 3.69. The van der Waals surface area contributed by atoms with Crippen LogP contribution in [0.2, 0.25) is 0 Å². The number of hydrogen-bond donors (Lipinski definition) is 1. The van der Waals surface area contributed by atoms with Crippen LogP contribution in [0.15, 0.2) is 22.9 Å². The molecule has 24 heavy (non-hydrogen) atoms. The van der Waals surface area contributed by atoms with Crippen LogP contribution in [-0.4, -0.2) is 37.4 Å². The lowest BCUT2D eigenvalue weighted by Gasteiger charge is -2.09. The summed E-state index contributed by atoms with van der Waals surface area (Å²) in [6.07, 6.45) is 2.39. The smallest absolute Gasteiger partial charge is 0.285 e. The summed E-state index contributed by atoms with van der Waals surface area (Å²) < 4.78 is 31.3. The van der Waals surface area contributed by atoms with Crippen molar-refractivity contribution in [3.63, 3.8) is 0 Å². The van der Waals surface area contributed by atoms with E-state index in [1.165, 1.54) is 24.5 Å². The number of sulfonamides is 1. The molecule has 1 aliphatic carbocycles. The maximum absolute atomic E-state index is 12.1. The van der Waals surface area contributed by atoms with Gasteiger partial charge < -0.3 is 4.74 Å². The first-order chi connectivity index (χ1) is 11.5. The zero-order valence-electron chi connectivity index (χ0n) is 13.1. The van der Waals surface area contributed by atoms with Gasteiger partial charge in [-0.05, 0) is 41.7 Å². The third kappa shape index (κ3) is 4.09. The number of aryl methyl sites for hydroxylation is 1. The van der Waals surface area contributed by atoms with Gasteiger partial charge in [0.25, 0.3) is 5.91 Å². The molecule has 0 unspecified atom stereocenters. The van der Waals surface area contributed by atoms with E-state index in [0.29, 0.717) is 18.1 Å². The molecule has 0 spiro atoms. The average Bonchev–Trinajstić information content (AvgIpc) is 3.27. The second-order valence-electron chi connectivity index (χ2n) is 5.59. The van der Waals surface area contributed by atoms with Crippen LogP contribution in [-0.2, 0) is 16.4 Å². The topological polar surface area (TPSA) is 98.2 Å². The van der Waals surface area contributed by atoms with Gasteiger partial charge in [-0.1, -0.05) is 0 Å². The predicted octanol–water partition coefficient (Wildman–Crippen LogP) is 1.73. The minimum absolute atomic E-state index is 0.0737. The van der Waals surface area contributed by atoms with E-state index in [1.807, 2.05) is 21.5 Å². The molecule has 1 fully saturated rings. The molecule has 2 aromatic heterocycles. The SMILES string of the molecule is COc1cc(C(=O)NS(=O)(=O)CCc2ccsc2)nnc1C1CC1. The van der Waals surface area contributed by atoms with Gasteiger partial charge in [0, 0.05) is 12.0 Å². The quantitative estimate of drug-likeness (QED) is 0.800. The highest BCUT2D eigenvalue weighted by molar-refractivity contribution is 7.90. The Kier molecular flexibility index (Phi) is 4.81. The van der Waals surface area contributed by atoms with Gasteiger partial charge in [0.15, 0.2) is 5.69 Å². The summed E-state index contributed by atoms with van der Waals surface area (Å²) in [5, 5.41) is 11.6. The normalized spacial score (nSPS) is 14.4. The summed E-state index contributed by atoms with van der Waals surface area (Å²) in [4.78, 5) is 12.1. The molecule has 0 aliphatic heterocycles. The van der Waals surface area contributed by atoms with Crippen molar-refractivity contribution in [3.8, 4) is 5.75 Å². The number of nitrogens with one attached hydrogen (secondary N) is 1. The van der Waals surface area contributed by atoms with Gasteiger partial charge in [-0.25, -0.2) is 13.1 Å². The monoisotopic (exact) mass is 367 g/mol. The van der Waals surface area contributed by atoms with E-state index in [2.05, 4.69) is 10.2 Å². The molecule has 1 amide bonds. The minimum atomic E-state index is -3.74. The molecule has 0 radical (unpaired) electrons. The second-order valence-corrected chi connectivity index (χ2v) is 8.21. The predicted molar refractivity (Wildman–Crippen MR) is 89.8 cm³/mol. The molecular formula is C15H17N3O4S2. The minimum Gasteiger partial charge on any atom is -0.495 e. The van der Waals surface area contributed by atoms with Crippen LogP contribution in [0.5, 0.6) is 5.75 Å². The molecule has 128 valence electrons. The highest BCUT2D eigenvalue weighted by Gasteiger charge is 2.30. The number of carbonyl (C=O) groups excluding carboxylic acids is 1. The van der Waals surface area contributed by atoms with Gasteiger partial charge in [0.05, 0.1) is 12.9 Å². The summed E-state index contributed by atoms with van der Waals surface area (Å²) in [5.41, 5.74) is 1.57. The first-order valence-electron chi connectivity index (χ1n) is 7.46. The van der Waals surface area contributed by atoms with Gasteiger partial charge in [-0.2, -0.15) is 16.4 Å². The number of amides is 1. The van der Waals surface area contributed by atoms with Crippen LogP contribution in [0.3, 0.4) is 0 Å². The van der Waals surface area contributed by atoms with Crippen molar-refractivity contribution in [1.82, 2.24) is 14.9 Å². The average molecular weight is 367 g/mol. The van der Waals surface area contributed by atoms with Gasteiger partial charge in [0.2, 0.25) is 10.0 Å². The number of thiophene rings is 1. The lowest BCUT2D eigenvalue weighted by atomic mass is 10.2. The van der Waals surface area contributed by atoms with Gasteiger partial charge in [0.1, 0.15) is 11.4 Å². The fourth-order valence-electron chi connectivity index (χ4n) is 2.23. The number of methoxy groups -OCH3 is 1. The molecule has 9 heteroatoms. The number of aromatic nitrogens is 2. The Balaban J connectivity index is 1.67. The fraction of sp³-hybridized carbons (Fsp3) is 0.400. The molecule has 0 bridgehead atoms. The summed E-state index contributed by atoms with van der Waals surface area (Å²) in [6.45, 7) is 0. The van der Waals surface area contributed by atoms with E-state index in [0.717, 1.165) is 24.1 Å². The van der Waals surface area contributed by atoms with Gasteiger partial charge in [-0.3, -0.25) is 4.79 Å². The van der Waals surface area contributed by atoms with E-state index in [9.17, 15) is 13.2 Å². The Labute approximate surface area is 144 Å². The summed E-state index contributed by atoms with van der Waals surface area (Å²) in [7, 11) is -2.25. The summed E-state index contributed by atoms with van der Waals surface area (Å²) >= 11 is 1.50. The molecule has 3 rings (SSSR count). The van der Waals surface area contributed by atoms with Crippen molar-refractivity contribution in [2.75, 3.05) is 12.9 Å². The maximum atomic E-state index is 12.1. The molecule has 0 aromatic carbocycles. The van der Waals surface area contributed by atoms with Gasteiger partial charge >= 0.3 is 0 Å². The van der Waals surface area contributed by atoms with Crippen LogP contribution in [0.4, 0.5) is 0 Å². The first-order valence-corrected chi connectivity index (χ1v) is 10.1. The number of carbonyl (C=O) groups is 1. The van der Waals surface area contributed by atoms with Crippen LogP contribution in [0.1, 0.15) is 40.5 Å². The van der Waals surface area contributed by atoms with E-state index in [1.54, 1.807) is 0 Å². The van der Waals surface area contributed by atoms with Crippen LogP contribution < -0.4 is 9.46 Å². The molecular weight excluding hydrogens is 350 g/mol. The van der Waals surface area contributed by atoms with Crippen LogP contribution in [0, 0.1) is 0 Å². The van der Waals surface area contributed by atoms with Crippen molar-refractivity contribution in [2.45, 2.75) is 25.2 Å². The Hall–Kier alpha value is -2.00. The molecule has 2 aromatic rings. The second kappa shape index (κ2) is 6.86. The summed E-state index contributed by atoms with van der Waals surface area (Å²) in [6, 6.07) is 3.29. The van der Waals surface area contributed by atoms with Crippen molar-refractivity contribution < 1.29 is 17.9 Å². The highest BCUT2D eigenvalue weighted by atomic mass is 32.2. The van der Waals surface area contributed by atoms with E-state index >= 15 is 0 Å². The van der Waals surface area contributed by atoms with Crippen LogP contribution in [0.25, 0.3) is 0 Å². The number of nitrogens with zero attached hydrogens (tertiary/aromatic N) is 2. The van der Waals surface area contributed by atoms with Gasteiger partial charge in [-0.15, -0.1) is 5.10 Å². The molecule has 1 N–H and O–H groups in total. The Bertz CT molecular complexity index is 830. The van der Waals surface area contributed by atoms with Crippen molar-refractivity contribution in [2.24, 2.45) is 0 Å². The fourth-order valence-corrected chi connectivity index (χ4v) is 3.93. The van der Waals surface area contributed by atoms with E-state index < -0.39 is 15.9 Å². The van der Waals surface area contributed by atoms with E-state index in [4.69, 9.17) is 4.74 Å². The Morgan fingerprint density at radius 2 is 2.21 bits per heavy atom. The zero-order valence-corrected chi connectivity index (χ0v) is 14.7. The number of rotatable bonds is 7. The molecule has 1 saturated carbocycles. The Morgan fingerprint density at radius 1 is 1.42 bits per heavy atom. The zero-order chi connectivity index (χ0) is 17.2. The van der Waals surface area contributed by atoms with E-state index in [-0.39, 0.29) is 11.4 Å². The molecule has 1 aliphatic rings. The lowest BCUT2D eigenvalue weighted by molar-refractivity contribution is 0.0975. The molecule has 0 atom stereocenters. The largest absolute Gasteiger partial charge is 0.495 e. The van der Waals surface area contributed by atoms with Crippen molar-refractivity contribution >= 4 is 27.3 Å². The van der Waals surface area contributed by atoms with Crippen LogP contribution >= 0.6 is 11.3 Å². The molecule has 0 saturated heterocycles. The number of ether oxygens (including phenoxy) is 1. The molecule has 7 nitrogen and oxygen atoms in total. The first kappa shape index (κ1) is 16.8. The van der Waals surface area contributed by atoms with Crippen molar-refractivity contribution in [3.05, 3.63) is 39.8 Å². The highest BCUT2D eigenvalue weighted by Crippen LogP contribution is 2.42.